The van der Waals surface area contributed by atoms with Crippen molar-refractivity contribution in [1.29, 1.82) is 0 Å². The Labute approximate surface area is 85.2 Å². The van der Waals surface area contributed by atoms with E-state index in [4.69, 9.17) is 9.47 Å². The van der Waals surface area contributed by atoms with E-state index in [9.17, 15) is 0 Å². The predicted molar refractivity (Wildman–Crippen MR) is 58.5 cm³/mol. The maximum atomic E-state index is 5.08. The van der Waals surface area contributed by atoms with Crippen LogP contribution in [0.4, 0.5) is 0 Å². The lowest BCUT2D eigenvalue weighted by Crippen LogP contribution is -1.89. The molecule has 0 aliphatic heterocycles. The van der Waals surface area contributed by atoms with Crippen LogP contribution in [-0.4, -0.2) is 20.8 Å². The van der Waals surface area contributed by atoms with E-state index in [0.29, 0.717) is 6.61 Å². The van der Waals surface area contributed by atoms with E-state index in [1.54, 1.807) is 14.2 Å². The summed E-state index contributed by atoms with van der Waals surface area (Å²) >= 11 is 0. The van der Waals surface area contributed by atoms with Gasteiger partial charge in [0.1, 0.15) is 5.75 Å². The minimum Gasteiger partial charge on any atom is -0.497 e. The Morgan fingerprint density at radius 2 is 1.86 bits per heavy atom. The molecular weight excluding hydrogens is 176 g/mol. The van der Waals surface area contributed by atoms with Gasteiger partial charge in [-0.15, -0.1) is 0 Å². The molecule has 0 spiro atoms. The van der Waals surface area contributed by atoms with Gasteiger partial charge in [-0.2, -0.15) is 0 Å². The minimum atomic E-state index is 0.673. The molecule has 0 aliphatic carbocycles. The largest absolute Gasteiger partial charge is 0.497 e. The maximum absolute atomic E-state index is 5.08. The molecule has 76 valence electrons. The fourth-order valence-corrected chi connectivity index (χ4v) is 1.25. The SMILES string of the molecule is COC/C(C)=C/c1ccc(OC)cc1. The first-order valence-electron chi connectivity index (χ1n) is 4.56. The Hall–Kier alpha value is -1.28. The van der Waals surface area contributed by atoms with Gasteiger partial charge < -0.3 is 9.47 Å². The van der Waals surface area contributed by atoms with Gasteiger partial charge in [-0.1, -0.05) is 18.2 Å². The second kappa shape index (κ2) is 5.45. The van der Waals surface area contributed by atoms with Gasteiger partial charge in [-0.25, -0.2) is 0 Å². The predicted octanol–water partition coefficient (Wildman–Crippen LogP) is 2.74. The molecule has 0 N–H and O–H groups in total. The molecule has 0 heterocycles. The van der Waals surface area contributed by atoms with E-state index in [2.05, 4.69) is 6.08 Å². The molecule has 0 saturated heterocycles. The van der Waals surface area contributed by atoms with Crippen LogP contribution in [0.5, 0.6) is 5.75 Å². The van der Waals surface area contributed by atoms with Gasteiger partial charge >= 0.3 is 0 Å². The molecule has 2 nitrogen and oxygen atoms in total. The van der Waals surface area contributed by atoms with E-state index in [1.165, 1.54) is 11.1 Å². The molecule has 0 atom stereocenters. The molecule has 2 heteroatoms. The average molecular weight is 192 g/mol. The quantitative estimate of drug-likeness (QED) is 0.730. The first-order chi connectivity index (χ1) is 6.76. The number of rotatable bonds is 4. The van der Waals surface area contributed by atoms with E-state index in [1.807, 2.05) is 31.2 Å². The van der Waals surface area contributed by atoms with Crippen LogP contribution in [0.3, 0.4) is 0 Å². The molecule has 1 rings (SSSR count). The molecule has 0 aromatic heterocycles. The Morgan fingerprint density at radius 3 is 2.36 bits per heavy atom. The lowest BCUT2D eigenvalue weighted by Gasteiger charge is -2.01. The van der Waals surface area contributed by atoms with Crippen molar-refractivity contribution in [1.82, 2.24) is 0 Å². The molecule has 1 aromatic carbocycles. The summed E-state index contributed by atoms with van der Waals surface area (Å²) in [5, 5.41) is 0. The highest BCUT2D eigenvalue weighted by Crippen LogP contribution is 2.13. The third kappa shape index (κ3) is 3.23. The van der Waals surface area contributed by atoms with Gasteiger partial charge in [0.05, 0.1) is 13.7 Å². The van der Waals surface area contributed by atoms with Crippen LogP contribution >= 0.6 is 0 Å². The van der Waals surface area contributed by atoms with E-state index in [0.717, 1.165) is 5.75 Å². The Morgan fingerprint density at radius 1 is 1.21 bits per heavy atom. The zero-order valence-electron chi connectivity index (χ0n) is 8.91. The van der Waals surface area contributed by atoms with Crippen molar-refractivity contribution in [3.8, 4) is 5.75 Å². The highest BCUT2D eigenvalue weighted by atomic mass is 16.5. The number of hydrogen-bond donors (Lipinski definition) is 0. The highest BCUT2D eigenvalue weighted by molar-refractivity contribution is 5.53. The van der Waals surface area contributed by atoms with E-state index >= 15 is 0 Å². The molecule has 0 unspecified atom stereocenters. The van der Waals surface area contributed by atoms with Crippen molar-refractivity contribution in [3.63, 3.8) is 0 Å². The lowest BCUT2D eigenvalue weighted by molar-refractivity contribution is 0.226. The van der Waals surface area contributed by atoms with Crippen LogP contribution in [0.2, 0.25) is 0 Å². The number of hydrogen-bond acceptors (Lipinski definition) is 2. The Kier molecular flexibility index (Phi) is 4.20. The maximum Gasteiger partial charge on any atom is 0.118 e. The summed E-state index contributed by atoms with van der Waals surface area (Å²) in [6.45, 7) is 2.72. The number of methoxy groups -OCH3 is 2. The third-order valence-electron chi connectivity index (χ3n) is 1.90. The van der Waals surface area contributed by atoms with Crippen LogP contribution in [0, 0.1) is 0 Å². The van der Waals surface area contributed by atoms with Crippen molar-refractivity contribution < 1.29 is 9.47 Å². The molecule has 14 heavy (non-hydrogen) atoms. The lowest BCUT2D eigenvalue weighted by atomic mass is 10.1. The summed E-state index contributed by atoms with van der Waals surface area (Å²) in [5.74, 6) is 0.881. The zero-order chi connectivity index (χ0) is 10.4. The summed E-state index contributed by atoms with van der Waals surface area (Å²) < 4.78 is 10.1. The topological polar surface area (TPSA) is 18.5 Å². The van der Waals surface area contributed by atoms with Crippen molar-refractivity contribution in [2.24, 2.45) is 0 Å². The molecule has 1 aromatic rings. The van der Waals surface area contributed by atoms with Gasteiger partial charge in [0.2, 0.25) is 0 Å². The van der Waals surface area contributed by atoms with Crippen LogP contribution in [0.25, 0.3) is 6.08 Å². The molecular formula is C12H16O2. The molecule has 0 saturated carbocycles. The molecule has 0 fully saturated rings. The summed E-state index contributed by atoms with van der Waals surface area (Å²) in [6, 6.07) is 7.95. The number of benzene rings is 1. The van der Waals surface area contributed by atoms with Gasteiger partial charge in [-0.05, 0) is 30.2 Å². The zero-order valence-corrected chi connectivity index (χ0v) is 8.91. The van der Waals surface area contributed by atoms with Crippen LogP contribution in [0.15, 0.2) is 29.8 Å². The monoisotopic (exact) mass is 192 g/mol. The van der Waals surface area contributed by atoms with Crippen molar-refractivity contribution in [2.45, 2.75) is 6.92 Å². The fourth-order valence-electron chi connectivity index (χ4n) is 1.25. The van der Waals surface area contributed by atoms with Crippen molar-refractivity contribution in [3.05, 3.63) is 35.4 Å². The van der Waals surface area contributed by atoms with Crippen molar-refractivity contribution >= 4 is 6.08 Å². The normalized spacial score (nSPS) is 11.5. The van der Waals surface area contributed by atoms with Gasteiger partial charge in [-0.3, -0.25) is 0 Å². The summed E-state index contributed by atoms with van der Waals surface area (Å²) in [6.07, 6.45) is 2.10. The van der Waals surface area contributed by atoms with Gasteiger partial charge in [0.25, 0.3) is 0 Å². The second-order valence-electron chi connectivity index (χ2n) is 3.20. The van der Waals surface area contributed by atoms with Gasteiger partial charge in [0, 0.05) is 7.11 Å². The number of ether oxygens (including phenoxy) is 2. The Balaban J connectivity index is 2.72. The minimum absolute atomic E-state index is 0.673. The first kappa shape index (κ1) is 10.8. The summed E-state index contributed by atoms with van der Waals surface area (Å²) in [7, 11) is 3.37. The summed E-state index contributed by atoms with van der Waals surface area (Å²) in [4.78, 5) is 0. The Bertz CT molecular complexity index is 299. The molecule has 0 bridgehead atoms. The molecule has 0 radical (unpaired) electrons. The second-order valence-corrected chi connectivity index (χ2v) is 3.20. The fraction of sp³-hybridized carbons (Fsp3) is 0.333. The van der Waals surface area contributed by atoms with Crippen LogP contribution < -0.4 is 4.74 Å². The molecule has 0 amide bonds. The standard InChI is InChI=1S/C12H16O2/c1-10(9-13-2)8-11-4-6-12(14-3)7-5-11/h4-8H,9H2,1-3H3/b10-8+. The average Bonchev–Trinajstić information content (AvgIpc) is 2.19. The van der Waals surface area contributed by atoms with Crippen molar-refractivity contribution in [2.75, 3.05) is 20.8 Å². The van der Waals surface area contributed by atoms with E-state index < -0.39 is 0 Å². The smallest absolute Gasteiger partial charge is 0.118 e. The molecule has 0 aliphatic rings. The van der Waals surface area contributed by atoms with Crippen LogP contribution in [0.1, 0.15) is 12.5 Å². The first-order valence-corrected chi connectivity index (χ1v) is 4.56. The van der Waals surface area contributed by atoms with Crippen LogP contribution in [-0.2, 0) is 4.74 Å². The third-order valence-corrected chi connectivity index (χ3v) is 1.90. The summed E-state index contributed by atoms with van der Waals surface area (Å²) in [5.41, 5.74) is 2.37. The van der Waals surface area contributed by atoms with Gasteiger partial charge in [0.15, 0.2) is 0 Å². The van der Waals surface area contributed by atoms with E-state index in [-0.39, 0.29) is 0 Å². The highest BCUT2D eigenvalue weighted by Gasteiger charge is 1.92.